The second kappa shape index (κ2) is 6.62. The lowest BCUT2D eigenvalue weighted by Crippen LogP contribution is -2.33. The number of fused-ring (bicyclic) bond motifs is 1. The minimum absolute atomic E-state index is 0.0170. The zero-order valence-electron chi connectivity index (χ0n) is 13.2. The molecule has 122 valence electrons. The van der Waals surface area contributed by atoms with Gasteiger partial charge < -0.3 is 4.74 Å². The predicted molar refractivity (Wildman–Crippen MR) is 92.6 cm³/mol. The van der Waals surface area contributed by atoms with E-state index in [9.17, 15) is 8.42 Å². The molecular weight excluding hydrogens is 310 g/mol. The lowest BCUT2D eigenvalue weighted by molar-refractivity contribution is 0.340. The average molecular weight is 331 g/mol. The van der Waals surface area contributed by atoms with Crippen molar-refractivity contribution in [3.63, 3.8) is 0 Å². The highest BCUT2D eigenvalue weighted by Gasteiger charge is 2.28. The molecule has 1 heterocycles. The average Bonchev–Trinajstić information content (AvgIpc) is 3.00. The largest absolute Gasteiger partial charge is 0.492 e. The normalized spacial score (nSPS) is 13.9. The fraction of sp³-hybridized carbons (Fsp3) is 0.333. The summed E-state index contributed by atoms with van der Waals surface area (Å²) in [4.78, 5) is 0. The molecule has 0 saturated carbocycles. The third-order valence-electron chi connectivity index (χ3n) is 4.12. The molecule has 1 aliphatic rings. The van der Waals surface area contributed by atoms with Crippen LogP contribution in [0, 0.1) is 0 Å². The van der Waals surface area contributed by atoms with E-state index in [0.29, 0.717) is 12.3 Å². The summed E-state index contributed by atoms with van der Waals surface area (Å²) in [6.45, 7) is 2.77. The summed E-state index contributed by atoms with van der Waals surface area (Å²) in [5.41, 5.74) is 3.13. The summed E-state index contributed by atoms with van der Waals surface area (Å²) in [5, 5.41) is 0. The molecule has 0 bridgehead atoms. The fourth-order valence-corrected chi connectivity index (χ4v) is 4.15. The van der Waals surface area contributed by atoms with Crippen molar-refractivity contribution in [2.24, 2.45) is 0 Å². The van der Waals surface area contributed by atoms with Gasteiger partial charge in [-0.05, 0) is 42.2 Å². The van der Waals surface area contributed by atoms with Gasteiger partial charge in [-0.3, -0.25) is 4.31 Å². The van der Waals surface area contributed by atoms with Crippen LogP contribution in [0.15, 0.2) is 48.5 Å². The van der Waals surface area contributed by atoms with Crippen molar-refractivity contribution in [2.45, 2.75) is 19.8 Å². The molecule has 1 aliphatic heterocycles. The Labute approximate surface area is 137 Å². The van der Waals surface area contributed by atoms with Crippen molar-refractivity contribution in [3.05, 3.63) is 59.7 Å². The minimum atomic E-state index is -3.35. The summed E-state index contributed by atoms with van der Waals surface area (Å²) in [6.07, 6.45) is 1.75. The zero-order chi connectivity index (χ0) is 16.3. The molecule has 2 aromatic carbocycles. The Morgan fingerprint density at radius 3 is 2.57 bits per heavy atom. The molecule has 0 saturated heterocycles. The summed E-state index contributed by atoms with van der Waals surface area (Å²) >= 11 is 0. The van der Waals surface area contributed by atoms with Crippen LogP contribution in [0.1, 0.15) is 18.1 Å². The van der Waals surface area contributed by atoms with Crippen LogP contribution >= 0.6 is 0 Å². The van der Waals surface area contributed by atoms with Crippen molar-refractivity contribution in [1.29, 1.82) is 0 Å². The van der Waals surface area contributed by atoms with Crippen LogP contribution in [0.3, 0.4) is 0 Å². The molecule has 0 atom stereocenters. The summed E-state index contributed by atoms with van der Waals surface area (Å²) in [7, 11) is -3.35. The van der Waals surface area contributed by atoms with Gasteiger partial charge >= 0.3 is 0 Å². The van der Waals surface area contributed by atoms with Crippen LogP contribution in [0.2, 0.25) is 0 Å². The summed E-state index contributed by atoms with van der Waals surface area (Å²) < 4.78 is 32.2. The molecule has 0 fully saturated rings. The number of hydrogen-bond donors (Lipinski definition) is 0. The number of hydrogen-bond acceptors (Lipinski definition) is 3. The van der Waals surface area contributed by atoms with Gasteiger partial charge in [0.25, 0.3) is 0 Å². The van der Waals surface area contributed by atoms with Crippen LogP contribution in [-0.2, 0) is 22.9 Å². The van der Waals surface area contributed by atoms with Crippen molar-refractivity contribution >= 4 is 15.7 Å². The Balaban J connectivity index is 1.61. The molecule has 0 N–H and O–H groups in total. The van der Waals surface area contributed by atoms with E-state index < -0.39 is 10.0 Å². The third-order valence-corrected chi connectivity index (χ3v) is 5.86. The first-order chi connectivity index (χ1) is 11.1. The Kier molecular flexibility index (Phi) is 4.57. The fourth-order valence-electron chi connectivity index (χ4n) is 2.79. The maximum absolute atomic E-state index is 12.5. The van der Waals surface area contributed by atoms with E-state index in [0.717, 1.165) is 24.1 Å². The highest BCUT2D eigenvalue weighted by molar-refractivity contribution is 7.92. The zero-order valence-corrected chi connectivity index (χ0v) is 14.1. The van der Waals surface area contributed by atoms with Crippen LogP contribution in [0.25, 0.3) is 0 Å². The Hall–Kier alpha value is -2.01. The number of nitrogens with zero attached hydrogens (tertiary/aromatic N) is 1. The molecular formula is C18H21NO3S. The molecule has 0 unspecified atom stereocenters. The number of aryl methyl sites for hydroxylation is 1. The quantitative estimate of drug-likeness (QED) is 0.817. The van der Waals surface area contributed by atoms with Gasteiger partial charge in [0.05, 0.1) is 5.69 Å². The first kappa shape index (κ1) is 15.9. The number of ether oxygens (including phenoxy) is 1. The van der Waals surface area contributed by atoms with E-state index in [1.807, 2.05) is 48.5 Å². The lowest BCUT2D eigenvalue weighted by atomic mass is 10.2. The first-order valence-electron chi connectivity index (χ1n) is 7.90. The third kappa shape index (κ3) is 3.50. The molecule has 4 nitrogen and oxygen atoms in total. The summed E-state index contributed by atoms with van der Waals surface area (Å²) in [6, 6.07) is 15.4. The molecule has 0 radical (unpaired) electrons. The minimum Gasteiger partial charge on any atom is -0.492 e. The molecule has 2 aromatic rings. The highest BCUT2D eigenvalue weighted by atomic mass is 32.2. The number of benzene rings is 2. The van der Waals surface area contributed by atoms with Gasteiger partial charge in [-0.1, -0.05) is 37.3 Å². The van der Waals surface area contributed by atoms with Crippen molar-refractivity contribution in [3.8, 4) is 5.75 Å². The van der Waals surface area contributed by atoms with Gasteiger partial charge in [0, 0.05) is 6.54 Å². The van der Waals surface area contributed by atoms with E-state index in [4.69, 9.17) is 4.74 Å². The van der Waals surface area contributed by atoms with Gasteiger partial charge in [0.15, 0.2) is 0 Å². The Morgan fingerprint density at radius 2 is 1.83 bits per heavy atom. The van der Waals surface area contributed by atoms with Gasteiger partial charge in [0.2, 0.25) is 10.0 Å². The maximum atomic E-state index is 12.5. The number of rotatable bonds is 6. The highest BCUT2D eigenvalue weighted by Crippen LogP contribution is 2.29. The number of anilines is 1. The molecule has 23 heavy (non-hydrogen) atoms. The molecule has 0 aliphatic carbocycles. The van der Waals surface area contributed by atoms with E-state index in [-0.39, 0.29) is 12.4 Å². The smallest absolute Gasteiger partial charge is 0.238 e. The van der Waals surface area contributed by atoms with Gasteiger partial charge in [0.1, 0.15) is 18.1 Å². The first-order valence-corrected chi connectivity index (χ1v) is 9.51. The maximum Gasteiger partial charge on any atom is 0.238 e. The van der Waals surface area contributed by atoms with E-state index >= 15 is 0 Å². The monoisotopic (exact) mass is 331 g/mol. The molecule has 3 rings (SSSR count). The molecule has 0 aromatic heterocycles. The Bertz CT molecular complexity index is 769. The lowest BCUT2D eigenvalue weighted by Gasteiger charge is -2.19. The second-order valence-electron chi connectivity index (χ2n) is 5.61. The van der Waals surface area contributed by atoms with Gasteiger partial charge in [-0.25, -0.2) is 8.42 Å². The van der Waals surface area contributed by atoms with E-state index in [1.165, 1.54) is 9.87 Å². The van der Waals surface area contributed by atoms with Crippen LogP contribution in [-0.4, -0.2) is 27.3 Å². The SMILES string of the molecule is CCc1ccc(OCCS(=O)(=O)N2CCc3ccccc32)cc1. The predicted octanol–water partition coefficient (Wildman–Crippen LogP) is 3.02. The number of para-hydroxylation sites is 1. The van der Waals surface area contributed by atoms with Crippen LogP contribution in [0.4, 0.5) is 5.69 Å². The van der Waals surface area contributed by atoms with Crippen LogP contribution < -0.4 is 9.04 Å². The van der Waals surface area contributed by atoms with Crippen molar-refractivity contribution in [2.75, 3.05) is 23.2 Å². The number of sulfonamides is 1. The van der Waals surface area contributed by atoms with Crippen molar-refractivity contribution in [1.82, 2.24) is 0 Å². The van der Waals surface area contributed by atoms with Crippen molar-refractivity contribution < 1.29 is 13.2 Å². The van der Waals surface area contributed by atoms with E-state index in [2.05, 4.69) is 6.92 Å². The Morgan fingerprint density at radius 1 is 1.09 bits per heavy atom. The van der Waals surface area contributed by atoms with Gasteiger partial charge in [-0.2, -0.15) is 0 Å². The molecule has 0 spiro atoms. The van der Waals surface area contributed by atoms with Crippen LogP contribution in [0.5, 0.6) is 5.75 Å². The topological polar surface area (TPSA) is 46.6 Å². The van der Waals surface area contributed by atoms with Gasteiger partial charge in [-0.15, -0.1) is 0 Å². The molecule has 5 heteroatoms. The second-order valence-corrected chi connectivity index (χ2v) is 7.63. The molecule has 0 amide bonds. The van der Waals surface area contributed by atoms with E-state index in [1.54, 1.807) is 0 Å². The summed E-state index contributed by atoms with van der Waals surface area (Å²) in [5.74, 6) is 0.691. The standard InChI is InChI=1S/C18H21NO3S/c1-2-15-7-9-17(10-8-15)22-13-14-23(20,21)19-12-11-16-5-3-4-6-18(16)19/h3-10H,2,11-14H2,1H3.